The molecule has 98 valence electrons. The Morgan fingerprint density at radius 3 is 0.778 bits per heavy atom. The first-order valence-corrected chi connectivity index (χ1v) is 7.45. The summed E-state index contributed by atoms with van der Waals surface area (Å²) in [5.74, 6) is 0. The maximum Gasteiger partial charge on any atom is -0.0395 e. The van der Waals surface area contributed by atoms with Gasteiger partial charge in [0.1, 0.15) is 0 Å². The zero-order valence-corrected chi connectivity index (χ0v) is 13.3. The molecule has 18 heavy (non-hydrogen) atoms. The van der Waals surface area contributed by atoms with Gasteiger partial charge in [-0.2, -0.15) is 0 Å². The van der Waals surface area contributed by atoms with Gasteiger partial charge in [-0.05, 0) is 49.9 Å². The maximum atomic E-state index is 3.22. The molecule has 0 amide bonds. The summed E-state index contributed by atoms with van der Waals surface area (Å²) < 4.78 is 0. The van der Waals surface area contributed by atoms with E-state index in [2.05, 4.69) is 99.5 Å². The summed E-state index contributed by atoms with van der Waals surface area (Å²) in [4.78, 5) is 0. The van der Waals surface area contributed by atoms with Crippen LogP contribution < -0.4 is 0 Å². The van der Waals surface area contributed by atoms with Crippen molar-refractivity contribution in [2.75, 3.05) is 0 Å². The highest BCUT2D eigenvalue weighted by Crippen LogP contribution is 2.03. The molecule has 2 aromatic rings. The molecule has 0 bridgehead atoms. The summed E-state index contributed by atoms with van der Waals surface area (Å²) in [7, 11) is 0. The predicted molar refractivity (Wildman–Crippen MR) is 89.8 cm³/mol. The van der Waals surface area contributed by atoms with Crippen LogP contribution in [0.3, 0.4) is 0 Å². The van der Waals surface area contributed by atoms with Crippen molar-refractivity contribution in [1.29, 1.82) is 0 Å². The Labute approximate surface area is 122 Å². The van der Waals surface area contributed by atoms with Crippen LogP contribution in [0.2, 0.25) is 0 Å². The molecule has 0 saturated heterocycles. The normalized spacial score (nSPS) is 8.56. The number of rotatable bonds is 0. The van der Waals surface area contributed by atoms with Gasteiger partial charge in [0.15, 0.2) is 0 Å². The summed E-state index contributed by atoms with van der Waals surface area (Å²) in [6.07, 6.45) is 0. The third kappa shape index (κ3) is 6.77. The quantitative estimate of drug-likeness (QED) is 0.470. The van der Waals surface area contributed by atoms with Gasteiger partial charge in [-0.3, -0.25) is 0 Å². The lowest BCUT2D eigenvalue weighted by Crippen LogP contribution is -1.74. The molecular weight excluding hydrogens is 256 g/mol. The molecular formula is C16H22S2. The second-order valence-corrected chi connectivity index (χ2v) is 4.17. The number of benzene rings is 2. The molecule has 0 N–H and O–H groups in total. The number of hydrogen-bond acceptors (Lipinski definition) is 2. The molecule has 0 heterocycles. The Morgan fingerprint density at radius 2 is 0.667 bits per heavy atom. The van der Waals surface area contributed by atoms with Crippen LogP contribution in [0.1, 0.15) is 22.3 Å². The van der Waals surface area contributed by atoms with E-state index in [1.165, 1.54) is 22.3 Å². The molecule has 0 nitrogen and oxygen atoms in total. The first-order chi connectivity index (χ1) is 8.61. The topological polar surface area (TPSA) is 0 Å². The minimum atomic E-state index is 1.37. The largest absolute Gasteiger partial charge is 0.115 e. The van der Waals surface area contributed by atoms with Crippen LogP contribution in [0.4, 0.5) is 0 Å². The van der Waals surface area contributed by atoms with Crippen LogP contribution >= 0.6 is 23.3 Å². The van der Waals surface area contributed by atoms with Crippen LogP contribution in [0, 0.1) is 27.7 Å². The minimum absolute atomic E-state index is 1.37. The van der Waals surface area contributed by atoms with Crippen LogP contribution in [0.25, 0.3) is 0 Å². The Bertz CT molecular complexity index is 365. The van der Waals surface area contributed by atoms with E-state index in [9.17, 15) is 0 Å². The Morgan fingerprint density at radius 1 is 0.500 bits per heavy atom. The molecule has 0 spiro atoms. The molecule has 0 aliphatic heterocycles. The van der Waals surface area contributed by atoms with Crippen molar-refractivity contribution in [2.45, 2.75) is 27.7 Å². The van der Waals surface area contributed by atoms with Crippen LogP contribution in [0.15, 0.2) is 48.5 Å². The summed E-state index contributed by atoms with van der Waals surface area (Å²) in [6, 6.07) is 16.7. The lowest BCUT2D eigenvalue weighted by molar-refractivity contribution is 1.34. The maximum absolute atomic E-state index is 3.22. The number of hydrogen-bond donors (Lipinski definition) is 2. The Hall–Kier alpha value is -0.860. The third-order valence-electron chi connectivity index (χ3n) is 2.85. The van der Waals surface area contributed by atoms with Crippen molar-refractivity contribution in [3.63, 3.8) is 0 Å². The van der Waals surface area contributed by atoms with Crippen molar-refractivity contribution in [3.05, 3.63) is 70.8 Å². The van der Waals surface area contributed by atoms with Gasteiger partial charge in [-0.1, -0.05) is 48.5 Å². The molecule has 0 radical (unpaired) electrons. The lowest BCUT2D eigenvalue weighted by Gasteiger charge is -1.93. The van der Waals surface area contributed by atoms with E-state index in [0.717, 1.165) is 0 Å². The number of aryl methyl sites for hydroxylation is 4. The van der Waals surface area contributed by atoms with Gasteiger partial charge in [0.25, 0.3) is 0 Å². The van der Waals surface area contributed by atoms with Gasteiger partial charge in [-0.15, -0.1) is 23.3 Å². The zero-order valence-electron chi connectivity index (χ0n) is 11.5. The Balaban J connectivity index is 0.000000283. The van der Waals surface area contributed by atoms with Crippen molar-refractivity contribution in [2.24, 2.45) is 0 Å². The fraction of sp³-hybridized carbons (Fsp3) is 0.250. The van der Waals surface area contributed by atoms with Crippen LogP contribution in [-0.4, -0.2) is 0 Å². The lowest BCUT2D eigenvalue weighted by atomic mass is 10.1. The molecule has 0 unspecified atom stereocenters. The fourth-order valence-corrected chi connectivity index (χ4v) is 1.33. The van der Waals surface area contributed by atoms with Gasteiger partial charge in [0, 0.05) is 0 Å². The first kappa shape index (κ1) is 17.1. The summed E-state index contributed by atoms with van der Waals surface area (Å²) in [5, 5.41) is 0. The zero-order chi connectivity index (χ0) is 14.0. The standard InChI is InChI=1S/2C8H10.H2S2/c2*1-7-5-3-4-6-8(7)2;1-2/h2*3-6H,1-2H3;1-2H. The molecule has 0 aliphatic rings. The molecule has 2 aromatic carbocycles. The SMILES string of the molecule is Cc1ccccc1C.Cc1ccccc1C.SS. The van der Waals surface area contributed by atoms with Gasteiger partial charge in [-0.25, -0.2) is 0 Å². The minimum Gasteiger partial charge on any atom is -0.115 e. The van der Waals surface area contributed by atoms with Gasteiger partial charge in [0.05, 0.1) is 0 Å². The van der Waals surface area contributed by atoms with Gasteiger partial charge < -0.3 is 0 Å². The van der Waals surface area contributed by atoms with E-state index in [1.54, 1.807) is 0 Å². The highest BCUT2D eigenvalue weighted by molar-refractivity contribution is 8.59. The highest BCUT2D eigenvalue weighted by Gasteiger charge is 1.84. The van der Waals surface area contributed by atoms with Crippen molar-refractivity contribution < 1.29 is 0 Å². The second kappa shape index (κ2) is 10.1. The van der Waals surface area contributed by atoms with E-state index in [4.69, 9.17) is 0 Å². The fourth-order valence-electron chi connectivity index (χ4n) is 1.33. The van der Waals surface area contributed by atoms with E-state index in [-0.39, 0.29) is 0 Å². The molecule has 0 saturated carbocycles. The smallest absolute Gasteiger partial charge is 0.0395 e. The van der Waals surface area contributed by atoms with E-state index < -0.39 is 0 Å². The third-order valence-corrected chi connectivity index (χ3v) is 2.85. The monoisotopic (exact) mass is 278 g/mol. The first-order valence-electron chi connectivity index (χ1n) is 5.85. The van der Waals surface area contributed by atoms with Crippen LogP contribution in [0.5, 0.6) is 0 Å². The van der Waals surface area contributed by atoms with E-state index >= 15 is 0 Å². The van der Waals surface area contributed by atoms with Crippen molar-refractivity contribution in [3.8, 4) is 0 Å². The van der Waals surface area contributed by atoms with Crippen molar-refractivity contribution >= 4 is 23.3 Å². The van der Waals surface area contributed by atoms with Crippen LogP contribution in [-0.2, 0) is 0 Å². The molecule has 0 atom stereocenters. The highest BCUT2D eigenvalue weighted by atomic mass is 33.1. The molecule has 2 heteroatoms. The Kier molecular flexibility index (Phi) is 9.62. The van der Waals surface area contributed by atoms with Crippen molar-refractivity contribution in [1.82, 2.24) is 0 Å². The van der Waals surface area contributed by atoms with Gasteiger partial charge >= 0.3 is 0 Å². The average molecular weight is 278 g/mol. The summed E-state index contributed by atoms with van der Waals surface area (Å²) in [6.45, 7) is 8.48. The molecule has 0 aromatic heterocycles. The molecule has 2 rings (SSSR count). The second-order valence-electron chi connectivity index (χ2n) is 4.17. The molecule has 0 aliphatic carbocycles. The number of thiol groups is 2. The molecule has 0 fully saturated rings. The summed E-state index contributed by atoms with van der Waals surface area (Å²) >= 11 is 6.44. The van der Waals surface area contributed by atoms with E-state index in [1.807, 2.05) is 0 Å². The summed E-state index contributed by atoms with van der Waals surface area (Å²) in [5.41, 5.74) is 5.47. The average Bonchev–Trinajstić information content (AvgIpc) is 2.40. The predicted octanol–water partition coefficient (Wildman–Crippen LogP) is 5.37. The van der Waals surface area contributed by atoms with Gasteiger partial charge in [0.2, 0.25) is 0 Å². The van der Waals surface area contributed by atoms with E-state index in [0.29, 0.717) is 0 Å².